The van der Waals surface area contributed by atoms with Crippen LogP contribution in [0.3, 0.4) is 0 Å². The van der Waals surface area contributed by atoms with Crippen molar-refractivity contribution in [3.8, 4) is 11.5 Å². The molecule has 1 saturated heterocycles. The second kappa shape index (κ2) is 14.2. The van der Waals surface area contributed by atoms with Crippen molar-refractivity contribution in [2.75, 3.05) is 24.8 Å². The van der Waals surface area contributed by atoms with Gasteiger partial charge in [0, 0.05) is 42.1 Å². The van der Waals surface area contributed by atoms with E-state index in [1.54, 1.807) is 25.3 Å². The van der Waals surface area contributed by atoms with E-state index in [-0.39, 0.29) is 37.0 Å². The molecular formula is C35H42FN3O5. The molecule has 9 heteroatoms. The Morgan fingerprint density at radius 1 is 1.07 bits per heavy atom. The Morgan fingerprint density at radius 2 is 1.84 bits per heavy atom. The molecule has 44 heavy (non-hydrogen) atoms. The van der Waals surface area contributed by atoms with E-state index in [1.165, 1.54) is 6.07 Å². The molecule has 3 aromatic rings. The lowest BCUT2D eigenvalue weighted by atomic mass is 9.83. The Balaban J connectivity index is 1.49. The minimum Gasteiger partial charge on any atom is -0.481 e. The van der Waals surface area contributed by atoms with Gasteiger partial charge in [-0.15, -0.1) is 0 Å². The maximum atomic E-state index is 14.4. The number of likely N-dealkylation sites (tertiary alicyclic amines) is 1. The van der Waals surface area contributed by atoms with Crippen LogP contribution in [-0.4, -0.2) is 58.8 Å². The van der Waals surface area contributed by atoms with Gasteiger partial charge in [-0.25, -0.2) is 4.39 Å². The summed E-state index contributed by atoms with van der Waals surface area (Å²) < 4.78 is 25.4. The molecule has 234 valence electrons. The Labute approximate surface area is 258 Å². The Hall–Kier alpha value is -3.98. The Kier molecular flexibility index (Phi) is 10.1. The average Bonchev–Trinajstić information content (AvgIpc) is 3.63. The number of rotatable bonds is 13. The number of ether oxygens (including phenoxy) is 2. The predicted octanol–water partition coefficient (Wildman–Crippen LogP) is 6.36. The monoisotopic (exact) mass is 603 g/mol. The SMILES string of the molecule is CCCC(CCC)N(C(=O)CN1C[C@H](c2ccc3c(c2)OCO3)[C@@H](C(=O)O)[C@@H]1CCc1ccccn1)c1ccc(F)c(C)c1. The largest absolute Gasteiger partial charge is 0.481 e. The number of nitrogens with zero attached hydrogens (tertiary/aromatic N) is 3. The van der Waals surface area contributed by atoms with Gasteiger partial charge in [-0.05, 0) is 86.2 Å². The zero-order valence-electron chi connectivity index (χ0n) is 25.7. The Morgan fingerprint density at radius 3 is 2.52 bits per heavy atom. The molecule has 0 radical (unpaired) electrons. The molecule has 1 N–H and O–H groups in total. The maximum Gasteiger partial charge on any atom is 0.308 e. The highest BCUT2D eigenvalue weighted by atomic mass is 19.1. The van der Waals surface area contributed by atoms with Crippen molar-refractivity contribution in [1.82, 2.24) is 9.88 Å². The van der Waals surface area contributed by atoms with Gasteiger partial charge >= 0.3 is 5.97 Å². The third-order valence-electron chi connectivity index (χ3n) is 8.92. The molecule has 5 rings (SSSR count). The normalized spacial score (nSPS) is 19.4. The molecule has 1 fully saturated rings. The number of aryl methyl sites for hydroxylation is 2. The van der Waals surface area contributed by atoms with E-state index >= 15 is 0 Å². The molecule has 1 aromatic heterocycles. The van der Waals surface area contributed by atoms with Gasteiger partial charge in [-0.2, -0.15) is 0 Å². The van der Waals surface area contributed by atoms with E-state index in [2.05, 4.69) is 18.8 Å². The number of anilines is 1. The van der Waals surface area contributed by atoms with E-state index in [4.69, 9.17) is 9.47 Å². The fourth-order valence-electron chi connectivity index (χ4n) is 6.83. The number of hydrogen-bond donors (Lipinski definition) is 1. The van der Waals surface area contributed by atoms with Crippen molar-refractivity contribution in [3.63, 3.8) is 0 Å². The first-order chi connectivity index (χ1) is 21.3. The summed E-state index contributed by atoms with van der Waals surface area (Å²) in [6.45, 7) is 6.49. The molecule has 8 nitrogen and oxygen atoms in total. The van der Waals surface area contributed by atoms with Crippen LogP contribution in [0, 0.1) is 18.7 Å². The molecule has 3 atom stereocenters. The van der Waals surface area contributed by atoms with Crippen molar-refractivity contribution >= 4 is 17.6 Å². The number of carboxylic acid groups (broad SMARTS) is 1. The van der Waals surface area contributed by atoms with Gasteiger partial charge in [0.2, 0.25) is 12.7 Å². The van der Waals surface area contributed by atoms with Gasteiger partial charge < -0.3 is 19.5 Å². The van der Waals surface area contributed by atoms with Crippen molar-refractivity contribution in [2.45, 2.75) is 77.3 Å². The maximum absolute atomic E-state index is 14.4. The van der Waals surface area contributed by atoms with Crippen molar-refractivity contribution < 1.29 is 28.6 Å². The van der Waals surface area contributed by atoms with E-state index in [1.807, 2.05) is 46.2 Å². The number of amides is 1. The molecular weight excluding hydrogens is 561 g/mol. The Bertz CT molecular complexity index is 1450. The van der Waals surface area contributed by atoms with E-state index in [9.17, 15) is 19.1 Å². The predicted molar refractivity (Wildman–Crippen MR) is 167 cm³/mol. The third-order valence-corrected chi connectivity index (χ3v) is 8.92. The number of benzene rings is 2. The number of carbonyl (C=O) groups is 2. The number of carbonyl (C=O) groups excluding carboxylic acids is 1. The minimum absolute atomic E-state index is 0.0446. The van der Waals surface area contributed by atoms with Crippen LogP contribution in [0.4, 0.5) is 10.1 Å². The highest BCUT2D eigenvalue weighted by molar-refractivity contribution is 5.95. The lowest BCUT2D eigenvalue weighted by Crippen LogP contribution is -2.48. The standard InChI is InChI=1S/C35H42FN3O5/c1-4-8-26(9-5-2)39(27-13-14-29(36)23(3)18-27)33(40)21-38-20-28(24-11-16-31-32(19-24)44-22-43-31)34(35(41)42)30(38)15-12-25-10-6-7-17-37-25/h6-7,10-11,13-14,16-19,26,28,30,34H,4-5,8-9,12,15,20-22H2,1-3H3,(H,41,42)/t28-,30+,34-/m1/s1. The number of carboxylic acids is 1. The topological polar surface area (TPSA) is 92.2 Å². The first-order valence-electron chi connectivity index (χ1n) is 15.6. The fraction of sp³-hybridized carbons (Fsp3) is 0.457. The summed E-state index contributed by atoms with van der Waals surface area (Å²) in [4.78, 5) is 35.6. The highest BCUT2D eigenvalue weighted by Crippen LogP contribution is 2.43. The summed E-state index contributed by atoms with van der Waals surface area (Å²) in [7, 11) is 0. The number of aromatic nitrogens is 1. The van der Waals surface area contributed by atoms with Crippen molar-refractivity contribution in [1.29, 1.82) is 0 Å². The average molecular weight is 604 g/mol. The van der Waals surface area contributed by atoms with Gasteiger partial charge in [0.25, 0.3) is 0 Å². The van der Waals surface area contributed by atoms with Gasteiger partial charge in [0.05, 0.1) is 12.5 Å². The summed E-state index contributed by atoms with van der Waals surface area (Å²) in [6, 6.07) is 15.7. The van der Waals surface area contributed by atoms with E-state index in [0.717, 1.165) is 36.9 Å². The summed E-state index contributed by atoms with van der Waals surface area (Å²) in [5.41, 5.74) is 2.88. The number of aliphatic carboxylic acids is 1. The summed E-state index contributed by atoms with van der Waals surface area (Å²) >= 11 is 0. The smallest absolute Gasteiger partial charge is 0.308 e. The van der Waals surface area contributed by atoms with Crippen LogP contribution in [-0.2, 0) is 16.0 Å². The second-order valence-corrected chi connectivity index (χ2v) is 11.9. The quantitative estimate of drug-likeness (QED) is 0.243. The molecule has 1 amide bonds. The molecule has 0 spiro atoms. The van der Waals surface area contributed by atoms with Crippen molar-refractivity contribution in [2.24, 2.45) is 5.92 Å². The van der Waals surface area contributed by atoms with Crippen LogP contribution < -0.4 is 14.4 Å². The van der Waals surface area contributed by atoms with Crippen LogP contribution in [0.15, 0.2) is 60.8 Å². The molecule has 2 aliphatic rings. The molecule has 2 aliphatic heterocycles. The number of hydrogen-bond acceptors (Lipinski definition) is 6. The summed E-state index contributed by atoms with van der Waals surface area (Å²) in [5, 5.41) is 10.6. The molecule has 0 saturated carbocycles. The van der Waals surface area contributed by atoms with Gasteiger partial charge in [0.15, 0.2) is 11.5 Å². The molecule has 0 unspecified atom stereocenters. The van der Waals surface area contributed by atoms with Gasteiger partial charge in [-0.3, -0.25) is 19.5 Å². The number of fused-ring (bicyclic) bond motifs is 1. The van der Waals surface area contributed by atoms with Crippen LogP contribution in [0.5, 0.6) is 11.5 Å². The van der Waals surface area contributed by atoms with E-state index in [0.29, 0.717) is 42.1 Å². The zero-order chi connectivity index (χ0) is 31.2. The molecule has 0 aliphatic carbocycles. The first kappa shape index (κ1) is 31.4. The summed E-state index contributed by atoms with van der Waals surface area (Å²) in [6.07, 6.45) is 6.29. The van der Waals surface area contributed by atoms with Crippen LogP contribution in [0.2, 0.25) is 0 Å². The minimum atomic E-state index is -0.894. The zero-order valence-corrected chi connectivity index (χ0v) is 25.7. The van der Waals surface area contributed by atoms with Gasteiger partial charge in [-0.1, -0.05) is 38.8 Å². The number of pyridine rings is 1. The highest BCUT2D eigenvalue weighted by Gasteiger charge is 2.47. The molecule has 0 bridgehead atoms. The van der Waals surface area contributed by atoms with Gasteiger partial charge in [0.1, 0.15) is 5.82 Å². The third kappa shape index (κ3) is 6.88. The van der Waals surface area contributed by atoms with Crippen molar-refractivity contribution in [3.05, 3.63) is 83.4 Å². The number of halogens is 1. The van der Waals surface area contributed by atoms with Crippen LogP contribution in [0.25, 0.3) is 0 Å². The van der Waals surface area contributed by atoms with Crippen LogP contribution in [0.1, 0.15) is 68.7 Å². The van der Waals surface area contributed by atoms with Crippen LogP contribution >= 0.6 is 0 Å². The lowest BCUT2D eigenvalue weighted by molar-refractivity contribution is -0.143. The fourth-order valence-corrected chi connectivity index (χ4v) is 6.83. The lowest BCUT2D eigenvalue weighted by Gasteiger charge is -2.35. The molecule has 3 heterocycles. The van der Waals surface area contributed by atoms with E-state index < -0.39 is 17.9 Å². The first-order valence-corrected chi connectivity index (χ1v) is 15.6. The molecule has 2 aromatic carbocycles. The second-order valence-electron chi connectivity index (χ2n) is 11.9. The summed E-state index contributed by atoms with van der Waals surface area (Å²) in [5.74, 6) is -1.17.